The van der Waals surface area contributed by atoms with Crippen LogP contribution in [0.25, 0.3) is 11.0 Å². The van der Waals surface area contributed by atoms with E-state index < -0.39 is 11.7 Å². The van der Waals surface area contributed by atoms with E-state index in [4.69, 9.17) is 21.1 Å². The molecule has 0 bridgehead atoms. The Bertz CT molecular complexity index is 1270. The SMILES string of the molecule is CCc1ccc(COc2ccc(Cl)c(C(=O)Nc3cnc4[nH]nc(OC)c4c3)c2F)cc1. The molecule has 2 aromatic heterocycles. The average molecular weight is 455 g/mol. The number of methoxy groups -OCH3 is 1. The zero-order valence-corrected chi connectivity index (χ0v) is 18.2. The number of halogens is 2. The molecule has 2 N–H and O–H groups in total. The Morgan fingerprint density at radius 1 is 1.19 bits per heavy atom. The van der Waals surface area contributed by atoms with Gasteiger partial charge in [0, 0.05) is 0 Å². The Kier molecular flexibility index (Phi) is 6.23. The zero-order valence-electron chi connectivity index (χ0n) is 17.4. The van der Waals surface area contributed by atoms with Gasteiger partial charge in [0.2, 0.25) is 5.88 Å². The van der Waals surface area contributed by atoms with Crippen LogP contribution in [0.2, 0.25) is 5.02 Å². The lowest BCUT2D eigenvalue weighted by Crippen LogP contribution is -2.15. The van der Waals surface area contributed by atoms with Crippen LogP contribution in [0.5, 0.6) is 11.6 Å². The summed E-state index contributed by atoms with van der Waals surface area (Å²) in [5.41, 5.74) is 2.60. The summed E-state index contributed by atoms with van der Waals surface area (Å²) < 4.78 is 25.9. The summed E-state index contributed by atoms with van der Waals surface area (Å²) in [6.07, 6.45) is 2.35. The quantitative estimate of drug-likeness (QED) is 0.403. The third-order valence-electron chi connectivity index (χ3n) is 4.94. The molecule has 4 rings (SSSR count). The molecule has 0 spiro atoms. The molecule has 0 aliphatic heterocycles. The van der Waals surface area contributed by atoms with E-state index in [1.54, 1.807) is 6.07 Å². The molecule has 0 aliphatic carbocycles. The number of hydrogen-bond acceptors (Lipinski definition) is 5. The van der Waals surface area contributed by atoms with Gasteiger partial charge in [0.25, 0.3) is 5.91 Å². The molecule has 4 aromatic rings. The van der Waals surface area contributed by atoms with Gasteiger partial charge in [0.15, 0.2) is 17.2 Å². The maximum absolute atomic E-state index is 15.1. The first-order valence-electron chi connectivity index (χ1n) is 9.88. The number of aromatic amines is 1. The van der Waals surface area contributed by atoms with Gasteiger partial charge in [0.1, 0.15) is 6.61 Å². The number of ether oxygens (including phenoxy) is 2. The number of nitrogens with one attached hydrogen (secondary N) is 2. The van der Waals surface area contributed by atoms with Gasteiger partial charge in [-0.05, 0) is 35.7 Å². The largest absolute Gasteiger partial charge is 0.486 e. The summed E-state index contributed by atoms with van der Waals surface area (Å²) in [5.74, 6) is -1.30. The lowest BCUT2D eigenvalue weighted by atomic mass is 10.1. The third-order valence-corrected chi connectivity index (χ3v) is 5.26. The van der Waals surface area contributed by atoms with E-state index in [2.05, 4.69) is 27.4 Å². The monoisotopic (exact) mass is 454 g/mol. The van der Waals surface area contributed by atoms with Gasteiger partial charge < -0.3 is 14.8 Å². The minimum absolute atomic E-state index is 0.0328. The Morgan fingerprint density at radius 2 is 1.94 bits per heavy atom. The van der Waals surface area contributed by atoms with E-state index in [0.717, 1.165) is 12.0 Å². The average Bonchev–Trinajstić information content (AvgIpc) is 3.21. The molecule has 0 radical (unpaired) electrons. The molecule has 9 heteroatoms. The fourth-order valence-electron chi connectivity index (χ4n) is 3.18. The number of pyridine rings is 1. The number of anilines is 1. The molecule has 7 nitrogen and oxygen atoms in total. The van der Waals surface area contributed by atoms with Crippen LogP contribution < -0.4 is 14.8 Å². The number of carbonyl (C=O) groups excluding carboxylic acids is 1. The minimum atomic E-state index is -0.838. The van der Waals surface area contributed by atoms with Crippen LogP contribution in [0.1, 0.15) is 28.4 Å². The summed E-state index contributed by atoms with van der Waals surface area (Å²) in [6.45, 7) is 2.23. The molecule has 0 unspecified atom stereocenters. The molecular weight excluding hydrogens is 435 g/mol. The maximum Gasteiger partial charge on any atom is 0.260 e. The molecule has 1 amide bonds. The molecular formula is C23H20ClFN4O3. The Hall–Kier alpha value is -3.65. The molecule has 2 aromatic carbocycles. The number of amides is 1. The van der Waals surface area contributed by atoms with E-state index in [9.17, 15) is 4.79 Å². The fourth-order valence-corrected chi connectivity index (χ4v) is 3.42. The highest BCUT2D eigenvalue weighted by Gasteiger charge is 2.21. The van der Waals surface area contributed by atoms with E-state index >= 15 is 4.39 Å². The summed E-state index contributed by atoms with van der Waals surface area (Å²) in [5, 5.41) is 9.83. The van der Waals surface area contributed by atoms with E-state index in [1.165, 1.54) is 31.0 Å². The van der Waals surface area contributed by atoms with Gasteiger partial charge in [-0.15, -0.1) is 5.10 Å². The number of aryl methyl sites for hydroxylation is 1. The van der Waals surface area contributed by atoms with E-state index in [-0.39, 0.29) is 22.9 Å². The highest BCUT2D eigenvalue weighted by Crippen LogP contribution is 2.30. The van der Waals surface area contributed by atoms with Crippen molar-refractivity contribution in [3.05, 3.63) is 76.2 Å². The van der Waals surface area contributed by atoms with E-state index in [1.807, 2.05) is 24.3 Å². The molecule has 0 saturated carbocycles. The first-order valence-corrected chi connectivity index (χ1v) is 10.3. The second-order valence-corrected chi connectivity index (χ2v) is 7.41. The van der Waals surface area contributed by atoms with Crippen LogP contribution in [0.4, 0.5) is 10.1 Å². The number of hydrogen-bond donors (Lipinski definition) is 2. The van der Waals surface area contributed by atoms with Gasteiger partial charge >= 0.3 is 0 Å². The predicted molar refractivity (Wildman–Crippen MR) is 120 cm³/mol. The lowest BCUT2D eigenvalue weighted by Gasteiger charge is -2.12. The number of fused-ring (bicyclic) bond motifs is 1. The lowest BCUT2D eigenvalue weighted by molar-refractivity contribution is 0.102. The number of nitrogens with zero attached hydrogens (tertiary/aromatic N) is 2. The number of H-pyrrole nitrogens is 1. The molecule has 164 valence electrons. The van der Waals surface area contributed by atoms with Crippen LogP contribution >= 0.6 is 11.6 Å². The normalized spacial score (nSPS) is 10.9. The van der Waals surface area contributed by atoms with Gasteiger partial charge in [-0.25, -0.2) is 9.37 Å². The van der Waals surface area contributed by atoms with Crippen molar-refractivity contribution >= 4 is 34.2 Å². The van der Waals surface area contributed by atoms with Crippen molar-refractivity contribution in [2.45, 2.75) is 20.0 Å². The van der Waals surface area contributed by atoms with Crippen molar-refractivity contribution in [1.82, 2.24) is 15.2 Å². The second kappa shape index (κ2) is 9.23. The number of aromatic nitrogens is 3. The molecule has 2 heterocycles. The smallest absolute Gasteiger partial charge is 0.260 e. The van der Waals surface area contributed by atoms with Crippen molar-refractivity contribution in [1.29, 1.82) is 0 Å². The molecule has 0 fully saturated rings. The van der Waals surface area contributed by atoms with Crippen molar-refractivity contribution in [3.8, 4) is 11.6 Å². The van der Waals surface area contributed by atoms with Gasteiger partial charge in [-0.2, -0.15) is 0 Å². The molecule has 0 aliphatic rings. The Morgan fingerprint density at radius 3 is 2.66 bits per heavy atom. The van der Waals surface area contributed by atoms with Crippen LogP contribution in [-0.2, 0) is 13.0 Å². The summed E-state index contributed by atoms with van der Waals surface area (Å²) in [7, 11) is 1.47. The van der Waals surface area contributed by atoms with Gasteiger partial charge in [-0.1, -0.05) is 42.8 Å². The van der Waals surface area contributed by atoms with Crippen LogP contribution in [0.3, 0.4) is 0 Å². The summed E-state index contributed by atoms with van der Waals surface area (Å²) in [6, 6.07) is 12.3. The molecule has 0 atom stereocenters. The zero-order chi connectivity index (χ0) is 22.7. The predicted octanol–water partition coefficient (Wildman–Crippen LogP) is 5.15. The molecule has 0 saturated heterocycles. The highest BCUT2D eigenvalue weighted by atomic mass is 35.5. The molecule has 32 heavy (non-hydrogen) atoms. The van der Waals surface area contributed by atoms with Crippen molar-refractivity contribution < 1.29 is 18.7 Å². The second-order valence-electron chi connectivity index (χ2n) is 7.00. The van der Waals surface area contributed by atoms with Gasteiger partial charge in [0.05, 0.1) is 35.0 Å². The standard InChI is InChI=1S/C23H20ClFN4O3/c1-3-13-4-6-14(7-5-13)12-32-18-9-8-17(24)19(20(18)25)22(30)27-15-10-16-21(26-11-15)28-29-23(16)31-2/h4-11H,3,12H2,1-2H3,(H,27,30)(H,26,28,29). The fraction of sp³-hybridized carbons (Fsp3) is 0.174. The van der Waals surface area contributed by atoms with Crippen molar-refractivity contribution in [3.63, 3.8) is 0 Å². The van der Waals surface area contributed by atoms with Gasteiger partial charge in [-0.3, -0.25) is 9.89 Å². The first-order chi connectivity index (χ1) is 15.5. The Labute approximate surface area is 188 Å². The van der Waals surface area contributed by atoms with Crippen LogP contribution in [-0.4, -0.2) is 28.2 Å². The van der Waals surface area contributed by atoms with E-state index in [0.29, 0.717) is 22.6 Å². The van der Waals surface area contributed by atoms with Crippen molar-refractivity contribution in [2.24, 2.45) is 0 Å². The highest BCUT2D eigenvalue weighted by molar-refractivity contribution is 6.34. The summed E-state index contributed by atoms with van der Waals surface area (Å²) >= 11 is 6.13. The van der Waals surface area contributed by atoms with Crippen molar-refractivity contribution in [2.75, 3.05) is 12.4 Å². The summed E-state index contributed by atoms with van der Waals surface area (Å²) in [4.78, 5) is 17.0. The number of benzene rings is 2. The third kappa shape index (κ3) is 4.36. The Balaban J connectivity index is 1.54. The topological polar surface area (TPSA) is 89.1 Å². The number of carbonyl (C=O) groups is 1. The van der Waals surface area contributed by atoms with Crippen LogP contribution in [0, 0.1) is 5.82 Å². The van der Waals surface area contributed by atoms with Crippen LogP contribution in [0.15, 0.2) is 48.7 Å². The number of rotatable bonds is 7. The maximum atomic E-state index is 15.1. The first kappa shape index (κ1) is 21.6. The minimum Gasteiger partial charge on any atom is -0.486 e.